The summed E-state index contributed by atoms with van der Waals surface area (Å²) >= 11 is 0. The standard InChI is InChI=1S/C10H12N4/c1-2-11-10-13-12-8-14(10)9-6-4-3-5-7-9/h3-8H,2H2,1H3,(H,11,13). The van der Waals surface area contributed by atoms with Crippen LogP contribution in [-0.2, 0) is 0 Å². The molecule has 72 valence electrons. The number of nitrogens with zero attached hydrogens (tertiary/aromatic N) is 3. The van der Waals surface area contributed by atoms with Crippen LogP contribution in [-0.4, -0.2) is 21.3 Å². The molecule has 2 aromatic rings. The summed E-state index contributed by atoms with van der Waals surface area (Å²) in [6, 6.07) is 10.0. The van der Waals surface area contributed by atoms with Crippen LogP contribution in [0, 0.1) is 0 Å². The first-order valence-corrected chi connectivity index (χ1v) is 4.61. The van der Waals surface area contributed by atoms with Crippen LogP contribution in [0.5, 0.6) is 0 Å². The van der Waals surface area contributed by atoms with Gasteiger partial charge in [0.1, 0.15) is 6.33 Å². The molecule has 4 heteroatoms. The molecule has 4 nitrogen and oxygen atoms in total. The van der Waals surface area contributed by atoms with Crippen molar-refractivity contribution in [1.82, 2.24) is 14.8 Å². The molecule has 0 aliphatic heterocycles. The molecule has 2 rings (SSSR count). The molecule has 0 atom stereocenters. The van der Waals surface area contributed by atoms with E-state index in [4.69, 9.17) is 0 Å². The highest BCUT2D eigenvalue weighted by Gasteiger charge is 2.02. The lowest BCUT2D eigenvalue weighted by Crippen LogP contribution is -2.04. The van der Waals surface area contributed by atoms with Gasteiger partial charge in [-0.15, -0.1) is 10.2 Å². The Kier molecular flexibility index (Phi) is 2.44. The van der Waals surface area contributed by atoms with Crippen molar-refractivity contribution >= 4 is 5.95 Å². The summed E-state index contributed by atoms with van der Waals surface area (Å²) in [6.45, 7) is 2.87. The first-order chi connectivity index (χ1) is 6.92. The Morgan fingerprint density at radius 2 is 2.07 bits per heavy atom. The zero-order valence-electron chi connectivity index (χ0n) is 8.01. The largest absolute Gasteiger partial charge is 0.354 e. The molecule has 0 aliphatic rings. The Balaban J connectivity index is 2.37. The summed E-state index contributed by atoms with van der Waals surface area (Å²) < 4.78 is 1.92. The van der Waals surface area contributed by atoms with E-state index in [1.807, 2.05) is 41.8 Å². The van der Waals surface area contributed by atoms with E-state index in [2.05, 4.69) is 15.5 Å². The number of hydrogen-bond donors (Lipinski definition) is 1. The Labute approximate surface area is 82.6 Å². The summed E-state index contributed by atoms with van der Waals surface area (Å²) in [4.78, 5) is 0. The fraction of sp³-hybridized carbons (Fsp3) is 0.200. The van der Waals surface area contributed by atoms with Crippen LogP contribution in [0.2, 0.25) is 0 Å². The SMILES string of the molecule is CCNc1nncn1-c1ccccc1. The molecular weight excluding hydrogens is 176 g/mol. The van der Waals surface area contributed by atoms with E-state index in [0.29, 0.717) is 0 Å². The van der Waals surface area contributed by atoms with Crippen molar-refractivity contribution in [1.29, 1.82) is 0 Å². The zero-order chi connectivity index (χ0) is 9.80. The summed E-state index contributed by atoms with van der Waals surface area (Å²) in [5.74, 6) is 0.777. The van der Waals surface area contributed by atoms with Crippen molar-refractivity contribution in [2.75, 3.05) is 11.9 Å². The van der Waals surface area contributed by atoms with Crippen molar-refractivity contribution in [2.24, 2.45) is 0 Å². The maximum absolute atomic E-state index is 3.98. The van der Waals surface area contributed by atoms with Gasteiger partial charge in [0.2, 0.25) is 5.95 Å². The lowest BCUT2D eigenvalue weighted by Gasteiger charge is -2.05. The second-order valence-electron chi connectivity index (χ2n) is 2.89. The van der Waals surface area contributed by atoms with E-state index in [-0.39, 0.29) is 0 Å². The van der Waals surface area contributed by atoms with Crippen molar-refractivity contribution in [3.8, 4) is 5.69 Å². The normalized spacial score (nSPS) is 10.1. The highest BCUT2D eigenvalue weighted by Crippen LogP contribution is 2.11. The van der Waals surface area contributed by atoms with Crippen LogP contribution in [0.4, 0.5) is 5.95 Å². The molecule has 0 amide bonds. The summed E-state index contributed by atoms with van der Waals surface area (Å²) in [5.41, 5.74) is 1.06. The monoisotopic (exact) mass is 188 g/mol. The molecule has 0 unspecified atom stereocenters. The van der Waals surface area contributed by atoms with Gasteiger partial charge in [0.05, 0.1) is 5.69 Å². The number of rotatable bonds is 3. The third-order valence-corrected chi connectivity index (χ3v) is 1.92. The van der Waals surface area contributed by atoms with Crippen LogP contribution >= 0.6 is 0 Å². The number of nitrogens with one attached hydrogen (secondary N) is 1. The Bertz CT molecular complexity index is 394. The van der Waals surface area contributed by atoms with Gasteiger partial charge in [0.25, 0.3) is 0 Å². The molecule has 1 heterocycles. The zero-order valence-corrected chi connectivity index (χ0v) is 8.01. The second-order valence-corrected chi connectivity index (χ2v) is 2.89. The molecule has 0 spiro atoms. The van der Waals surface area contributed by atoms with E-state index in [1.165, 1.54) is 0 Å². The lowest BCUT2D eigenvalue weighted by molar-refractivity contribution is 1.02. The summed E-state index contributed by atoms with van der Waals surface area (Å²) in [6.07, 6.45) is 1.70. The van der Waals surface area contributed by atoms with Crippen LogP contribution in [0.1, 0.15) is 6.92 Å². The third kappa shape index (κ3) is 1.59. The highest BCUT2D eigenvalue weighted by molar-refractivity contribution is 5.39. The van der Waals surface area contributed by atoms with Gasteiger partial charge in [-0.2, -0.15) is 0 Å². The average Bonchev–Trinajstić information content (AvgIpc) is 2.68. The molecule has 0 aliphatic carbocycles. The summed E-state index contributed by atoms with van der Waals surface area (Å²) in [5, 5.41) is 11.0. The maximum atomic E-state index is 3.98. The number of para-hydroxylation sites is 1. The summed E-state index contributed by atoms with van der Waals surface area (Å²) in [7, 11) is 0. The molecule has 0 fully saturated rings. The predicted molar refractivity (Wildman–Crippen MR) is 55.5 cm³/mol. The minimum absolute atomic E-state index is 0.777. The number of hydrogen-bond acceptors (Lipinski definition) is 3. The van der Waals surface area contributed by atoms with Crippen molar-refractivity contribution in [3.05, 3.63) is 36.7 Å². The molecular formula is C10H12N4. The van der Waals surface area contributed by atoms with E-state index in [1.54, 1.807) is 6.33 Å². The smallest absolute Gasteiger partial charge is 0.229 e. The van der Waals surface area contributed by atoms with E-state index >= 15 is 0 Å². The molecule has 14 heavy (non-hydrogen) atoms. The Morgan fingerprint density at radius 3 is 2.79 bits per heavy atom. The quantitative estimate of drug-likeness (QED) is 0.797. The van der Waals surface area contributed by atoms with Gasteiger partial charge in [-0.05, 0) is 19.1 Å². The number of anilines is 1. The van der Waals surface area contributed by atoms with Crippen LogP contribution in [0.25, 0.3) is 5.69 Å². The van der Waals surface area contributed by atoms with Gasteiger partial charge in [0.15, 0.2) is 0 Å². The number of aromatic nitrogens is 3. The molecule has 1 aromatic heterocycles. The van der Waals surface area contributed by atoms with Gasteiger partial charge in [-0.1, -0.05) is 18.2 Å². The minimum atomic E-state index is 0.777. The molecule has 0 saturated carbocycles. The first kappa shape index (κ1) is 8.74. The van der Waals surface area contributed by atoms with Gasteiger partial charge in [0, 0.05) is 6.54 Å². The third-order valence-electron chi connectivity index (χ3n) is 1.92. The van der Waals surface area contributed by atoms with Crippen molar-refractivity contribution < 1.29 is 0 Å². The Morgan fingerprint density at radius 1 is 1.29 bits per heavy atom. The number of benzene rings is 1. The predicted octanol–water partition coefficient (Wildman–Crippen LogP) is 1.70. The fourth-order valence-electron chi connectivity index (χ4n) is 1.29. The van der Waals surface area contributed by atoms with Gasteiger partial charge >= 0.3 is 0 Å². The van der Waals surface area contributed by atoms with Crippen LogP contribution < -0.4 is 5.32 Å². The topological polar surface area (TPSA) is 42.7 Å². The fourth-order valence-corrected chi connectivity index (χ4v) is 1.29. The van der Waals surface area contributed by atoms with Crippen LogP contribution in [0.15, 0.2) is 36.7 Å². The highest BCUT2D eigenvalue weighted by atomic mass is 15.3. The molecule has 0 saturated heterocycles. The van der Waals surface area contributed by atoms with E-state index < -0.39 is 0 Å². The molecule has 1 aromatic carbocycles. The second kappa shape index (κ2) is 3.91. The van der Waals surface area contributed by atoms with Gasteiger partial charge in [-0.25, -0.2) is 0 Å². The molecule has 0 bridgehead atoms. The Hall–Kier alpha value is -1.84. The minimum Gasteiger partial charge on any atom is -0.354 e. The maximum Gasteiger partial charge on any atom is 0.229 e. The average molecular weight is 188 g/mol. The molecule has 0 radical (unpaired) electrons. The van der Waals surface area contributed by atoms with Crippen molar-refractivity contribution in [3.63, 3.8) is 0 Å². The lowest BCUT2D eigenvalue weighted by atomic mass is 10.3. The van der Waals surface area contributed by atoms with Gasteiger partial charge in [-0.3, -0.25) is 4.57 Å². The first-order valence-electron chi connectivity index (χ1n) is 4.61. The molecule has 1 N–H and O–H groups in total. The van der Waals surface area contributed by atoms with Crippen LogP contribution in [0.3, 0.4) is 0 Å². The van der Waals surface area contributed by atoms with Gasteiger partial charge < -0.3 is 5.32 Å². The van der Waals surface area contributed by atoms with E-state index in [9.17, 15) is 0 Å². The van der Waals surface area contributed by atoms with E-state index in [0.717, 1.165) is 18.2 Å². The van der Waals surface area contributed by atoms with Crippen molar-refractivity contribution in [2.45, 2.75) is 6.92 Å².